The summed E-state index contributed by atoms with van der Waals surface area (Å²) in [6.07, 6.45) is 64.8. The minimum Gasteiger partial charge on any atom is -0.544 e. The lowest BCUT2D eigenvalue weighted by Crippen LogP contribution is -2.55. The molecule has 0 spiro atoms. The zero-order valence-electron chi connectivity index (χ0n) is 40.6. The number of carboxylic acids is 1. The standard InChI is InChI=1S/C56H87NO7/c1-6-8-10-12-14-16-18-20-22-24-26-27-29-30-32-34-36-38-40-42-44-46-54(58)63-51-52(50-62-49-48-53(56(60)61)57(3,4)5)64-55(59)47-45-43-41-39-37-35-33-31-28-25-23-21-19-17-15-13-11-9-7-2/h8-11,14-17,20-23,26-28,30-32,35-38,52-53H,6-7,12-13,18-19,24-25,29,33-34,39-51H2,1-5H3/b10-8+,11-9+,16-14+,17-15+,22-20+,23-21+,27-26+,31-28+,32-30+,37-35+,38-36+. The average Bonchev–Trinajstić information content (AvgIpc) is 3.26. The third-order valence-corrected chi connectivity index (χ3v) is 9.78. The Bertz CT molecular complexity index is 1500. The summed E-state index contributed by atoms with van der Waals surface area (Å²) in [4.78, 5) is 37.0. The van der Waals surface area contributed by atoms with E-state index < -0.39 is 18.1 Å². The van der Waals surface area contributed by atoms with Crippen LogP contribution in [0.3, 0.4) is 0 Å². The van der Waals surface area contributed by atoms with Gasteiger partial charge in [-0.1, -0.05) is 154 Å². The Morgan fingerprint density at radius 2 is 0.828 bits per heavy atom. The maximum absolute atomic E-state index is 12.8. The first-order valence-electron chi connectivity index (χ1n) is 24.2. The molecule has 0 aliphatic carbocycles. The van der Waals surface area contributed by atoms with Crippen molar-refractivity contribution in [1.29, 1.82) is 0 Å². The van der Waals surface area contributed by atoms with Crippen LogP contribution in [0.4, 0.5) is 0 Å². The van der Waals surface area contributed by atoms with Crippen LogP contribution in [-0.2, 0) is 28.6 Å². The van der Waals surface area contributed by atoms with Crippen molar-refractivity contribution in [3.8, 4) is 0 Å². The third kappa shape index (κ3) is 42.8. The number of allylic oxidation sites excluding steroid dienone is 22. The molecule has 0 aromatic carbocycles. The zero-order chi connectivity index (χ0) is 47.0. The third-order valence-electron chi connectivity index (χ3n) is 9.78. The summed E-state index contributed by atoms with van der Waals surface area (Å²) in [6.45, 7) is 4.32. The van der Waals surface area contributed by atoms with Gasteiger partial charge in [-0.15, -0.1) is 0 Å². The lowest BCUT2D eigenvalue weighted by molar-refractivity contribution is -0.889. The Morgan fingerprint density at radius 1 is 0.469 bits per heavy atom. The molecule has 0 aliphatic heterocycles. The highest BCUT2D eigenvalue weighted by atomic mass is 16.6. The summed E-state index contributed by atoms with van der Waals surface area (Å²) in [5.74, 6) is -1.86. The minimum atomic E-state index is -1.14. The lowest BCUT2D eigenvalue weighted by atomic mass is 10.1. The molecular formula is C56H87NO7. The molecule has 0 N–H and O–H groups in total. The van der Waals surface area contributed by atoms with E-state index in [0.29, 0.717) is 12.8 Å². The summed E-state index contributed by atoms with van der Waals surface area (Å²) in [7, 11) is 5.37. The number of likely N-dealkylation sites (N-methyl/N-ethyl adjacent to an activating group) is 1. The van der Waals surface area contributed by atoms with Gasteiger partial charge in [0.15, 0.2) is 6.10 Å². The molecule has 0 saturated heterocycles. The first-order chi connectivity index (χ1) is 31.1. The fourth-order valence-electron chi connectivity index (χ4n) is 6.10. The number of hydrogen-bond donors (Lipinski definition) is 0. The molecule has 0 fully saturated rings. The van der Waals surface area contributed by atoms with E-state index in [-0.39, 0.29) is 55.5 Å². The van der Waals surface area contributed by atoms with Crippen LogP contribution in [0, 0.1) is 0 Å². The maximum atomic E-state index is 12.8. The number of hydrogen-bond acceptors (Lipinski definition) is 7. The van der Waals surface area contributed by atoms with Crippen LogP contribution in [-0.4, -0.2) is 75.5 Å². The number of carbonyl (C=O) groups excluding carboxylic acids is 3. The molecule has 64 heavy (non-hydrogen) atoms. The van der Waals surface area contributed by atoms with Crippen LogP contribution in [0.25, 0.3) is 0 Å². The van der Waals surface area contributed by atoms with Gasteiger partial charge in [-0.2, -0.15) is 0 Å². The smallest absolute Gasteiger partial charge is 0.306 e. The molecule has 0 amide bonds. The molecule has 0 heterocycles. The first-order valence-corrected chi connectivity index (χ1v) is 24.2. The molecule has 0 bridgehead atoms. The molecule has 8 nitrogen and oxygen atoms in total. The molecule has 358 valence electrons. The molecular weight excluding hydrogens is 799 g/mol. The number of carboxylic acid groups (broad SMARTS) is 1. The fraction of sp³-hybridized carbons (Fsp3) is 0.554. The van der Waals surface area contributed by atoms with Crippen molar-refractivity contribution in [3.05, 3.63) is 134 Å². The number of nitrogens with zero attached hydrogens (tertiary/aromatic N) is 1. The molecule has 0 radical (unpaired) electrons. The second-order valence-electron chi connectivity index (χ2n) is 16.6. The molecule has 2 atom stereocenters. The van der Waals surface area contributed by atoms with Gasteiger partial charge in [0.2, 0.25) is 0 Å². The second-order valence-corrected chi connectivity index (χ2v) is 16.6. The molecule has 8 heteroatoms. The van der Waals surface area contributed by atoms with Crippen molar-refractivity contribution in [2.24, 2.45) is 0 Å². The topological polar surface area (TPSA) is 102 Å². The van der Waals surface area contributed by atoms with Crippen molar-refractivity contribution in [3.63, 3.8) is 0 Å². The van der Waals surface area contributed by atoms with E-state index in [1.165, 1.54) is 0 Å². The highest BCUT2D eigenvalue weighted by molar-refractivity contribution is 5.70. The van der Waals surface area contributed by atoms with Gasteiger partial charge in [0.25, 0.3) is 0 Å². The van der Waals surface area contributed by atoms with E-state index in [1.807, 2.05) is 0 Å². The predicted molar refractivity (Wildman–Crippen MR) is 267 cm³/mol. The van der Waals surface area contributed by atoms with E-state index in [1.54, 1.807) is 21.1 Å². The van der Waals surface area contributed by atoms with Gasteiger partial charge in [-0.3, -0.25) is 9.59 Å². The van der Waals surface area contributed by atoms with Crippen LogP contribution in [0.15, 0.2) is 134 Å². The highest BCUT2D eigenvalue weighted by Crippen LogP contribution is 2.11. The number of aliphatic carboxylic acids is 1. The van der Waals surface area contributed by atoms with Crippen molar-refractivity contribution >= 4 is 17.9 Å². The monoisotopic (exact) mass is 886 g/mol. The summed E-state index contributed by atoms with van der Waals surface area (Å²) >= 11 is 0. The van der Waals surface area contributed by atoms with Crippen LogP contribution in [0.2, 0.25) is 0 Å². The number of ether oxygens (including phenoxy) is 3. The van der Waals surface area contributed by atoms with Crippen LogP contribution < -0.4 is 5.11 Å². The van der Waals surface area contributed by atoms with Crippen molar-refractivity contribution in [2.45, 2.75) is 161 Å². The second kappa shape index (κ2) is 45.1. The van der Waals surface area contributed by atoms with E-state index >= 15 is 0 Å². The van der Waals surface area contributed by atoms with Gasteiger partial charge in [-0.25, -0.2) is 0 Å². The average molecular weight is 886 g/mol. The van der Waals surface area contributed by atoms with Gasteiger partial charge in [0, 0.05) is 19.3 Å². The normalized spacial score (nSPS) is 14.1. The molecule has 0 aliphatic rings. The van der Waals surface area contributed by atoms with E-state index in [4.69, 9.17) is 14.2 Å². The Morgan fingerprint density at radius 3 is 1.22 bits per heavy atom. The fourth-order valence-corrected chi connectivity index (χ4v) is 6.10. The Labute approximate surface area is 390 Å². The van der Waals surface area contributed by atoms with Crippen molar-refractivity contribution < 1.29 is 38.2 Å². The number of rotatable bonds is 41. The maximum Gasteiger partial charge on any atom is 0.306 e. The lowest BCUT2D eigenvalue weighted by Gasteiger charge is -2.34. The number of unbranched alkanes of at least 4 members (excludes halogenated alkanes) is 5. The Balaban J connectivity index is 4.47. The first kappa shape index (κ1) is 59.5. The van der Waals surface area contributed by atoms with E-state index in [9.17, 15) is 19.5 Å². The quantitative estimate of drug-likeness (QED) is 0.0261. The van der Waals surface area contributed by atoms with Gasteiger partial charge in [0.1, 0.15) is 12.6 Å². The van der Waals surface area contributed by atoms with Crippen molar-refractivity contribution in [2.75, 3.05) is 41.0 Å². The zero-order valence-corrected chi connectivity index (χ0v) is 40.6. The van der Waals surface area contributed by atoms with Gasteiger partial charge >= 0.3 is 11.9 Å². The number of quaternary nitrogens is 1. The number of esters is 2. The largest absolute Gasteiger partial charge is 0.544 e. The van der Waals surface area contributed by atoms with Gasteiger partial charge in [0.05, 0.1) is 40.3 Å². The van der Waals surface area contributed by atoms with Crippen LogP contribution in [0.5, 0.6) is 0 Å². The van der Waals surface area contributed by atoms with E-state index in [0.717, 1.165) is 103 Å². The molecule has 2 unspecified atom stereocenters. The Kier molecular flexibility index (Phi) is 41.9. The SMILES string of the molecule is CC/C=C/C/C=C/C/C=C/C/C=C/C/C=C/C/C=C/CCCCC(=O)OCC(COCCC(C(=O)[O-])[N+](C)(C)C)OC(=O)CCCCC/C=C/C/C=C/C/C=C/C/C=C/C/C=C/CC. The van der Waals surface area contributed by atoms with Crippen LogP contribution in [0.1, 0.15) is 149 Å². The summed E-state index contributed by atoms with van der Waals surface area (Å²) in [6, 6.07) is -0.749. The van der Waals surface area contributed by atoms with Gasteiger partial charge in [-0.05, 0) is 109 Å². The Hall–Kier alpha value is -4.53. The molecule has 0 aromatic rings. The highest BCUT2D eigenvalue weighted by Gasteiger charge is 2.25. The van der Waals surface area contributed by atoms with Crippen LogP contribution >= 0.6 is 0 Å². The van der Waals surface area contributed by atoms with E-state index in [2.05, 4.69) is 148 Å². The number of carbonyl (C=O) groups is 3. The molecule has 0 rings (SSSR count). The summed E-state index contributed by atoms with van der Waals surface area (Å²) in [5, 5.41) is 11.7. The summed E-state index contributed by atoms with van der Waals surface area (Å²) < 4.78 is 17.1. The van der Waals surface area contributed by atoms with Crippen molar-refractivity contribution in [1.82, 2.24) is 0 Å². The predicted octanol–water partition coefficient (Wildman–Crippen LogP) is 12.6. The van der Waals surface area contributed by atoms with Gasteiger partial charge < -0.3 is 28.6 Å². The minimum absolute atomic E-state index is 0.00266. The summed E-state index contributed by atoms with van der Waals surface area (Å²) in [5.41, 5.74) is 0. The molecule has 0 saturated carbocycles. The molecule has 0 aromatic heterocycles.